The Morgan fingerprint density at radius 3 is 2.50 bits per heavy atom. The van der Waals surface area contributed by atoms with Gasteiger partial charge < -0.3 is 16.0 Å². The Balaban J connectivity index is 1.88. The number of nitrogens with two attached hydrogens (primary N) is 1. The molecule has 9 nitrogen and oxygen atoms in total. The Hall–Kier alpha value is -4.53. The van der Waals surface area contributed by atoms with Crippen molar-refractivity contribution in [3.8, 4) is 5.69 Å². The molecule has 1 atom stereocenters. The average molecular weight is 512 g/mol. The number of nitrogens with zero attached hydrogens (tertiary/aromatic N) is 5. The highest BCUT2D eigenvalue weighted by atomic mass is 16.2. The maximum absolute atomic E-state index is 13.9. The van der Waals surface area contributed by atoms with Crippen LogP contribution in [0.1, 0.15) is 49.0 Å². The molecule has 1 unspecified atom stereocenters. The minimum absolute atomic E-state index is 0.108. The minimum Gasteiger partial charge on any atom is -0.368 e. The normalized spacial score (nSPS) is 12.1. The lowest BCUT2D eigenvalue weighted by atomic mass is 10.1. The van der Waals surface area contributed by atoms with E-state index in [0.717, 1.165) is 11.3 Å². The molecule has 0 aliphatic heterocycles. The molecular formula is C29H33N7O2. The van der Waals surface area contributed by atoms with Crippen LogP contribution >= 0.6 is 0 Å². The number of amides is 1. The summed E-state index contributed by atoms with van der Waals surface area (Å²) in [5, 5.41) is 4.03. The Bertz CT molecular complexity index is 1560. The Kier molecular flexibility index (Phi) is 7.85. The third kappa shape index (κ3) is 5.27. The summed E-state index contributed by atoms with van der Waals surface area (Å²) in [5.41, 5.74) is 9.36. The number of nitrogen functional groups attached to an aromatic ring is 1. The van der Waals surface area contributed by atoms with Crippen LogP contribution < -0.4 is 16.6 Å². The summed E-state index contributed by atoms with van der Waals surface area (Å²) in [6, 6.07) is 14.7. The Morgan fingerprint density at radius 1 is 1.08 bits per heavy atom. The summed E-state index contributed by atoms with van der Waals surface area (Å²) in [6.45, 7) is 8.24. The first kappa shape index (κ1) is 26.5. The number of benzene rings is 2. The predicted molar refractivity (Wildman–Crippen MR) is 152 cm³/mol. The van der Waals surface area contributed by atoms with Gasteiger partial charge >= 0.3 is 0 Å². The monoisotopic (exact) mass is 511 g/mol. The van der Waals surface area contributed by atoms with E-state index in [1.807, 2.05) is 76.2 Å². The first-order chi connectivity index (χ1) is 18.2. The molecule has 4 rings (SSSR count). The molecule has 0 fully saturated rings. The van der Waals surface area contributed by atoms with Crippen molar-refractivity contribution in [2.75, 3.05) is 24.6 Å². The van der Waals surface area contributed by atoms with E-state index in [-0.39, 0.29) is 17.4 Å². The van der Waals surface area contributed by atoms with Gasteiger partial charge in [-0.1, -0.05) is 37.3 Å². The quantitative estimate of drug-likeness (QED) is 0.336. The van der Waals surface area contributed by atoms with Crippen molar-refractivity contribution in [1.82, 2.24) is 24.4 Å². The molecule has 1 amide bonds. The summed E-state index contributed by atoms with van der Waals surface area (Å²) >= 11 is 0. The van der Waals surface area contributed by atoms with Gasteiger partial charge in [0.2, 0.25) is 11.9 Å². The summed E-state index contributed by atoms with van der Waals surface area (Å²) in [4.78, 5) is 41.6. The number of rotatable bonds is 8. The molecule has 0 aliphatic rings. The van der Waals surface area contributed by atoms with Crippen molar-refractivity contribution in [3.05, 3.63) is 87.6 Å². The highest BCUT2D eigenvalue weighted by molar-refractivity contribution is 5.92. The molecule has 9 heteroatoms. The molecule has 2 heterocycles. The van der Waals surface area contributed by atoms with Gasteiger partial charge in [-0.25, -0.2) is 9.97 Å². The molecule has 0 saturated carbocycles. The molecule has 0 bridgehead atoms. The van der Waals surface area contributed by atoms with Crippen molar-refractivity contribution in [3.63, 3.8) is 0 Å². The smallest absolute Gasteiger partial charge is 0.266 e. The van der Waals surface area contributed by atoms with Crippen LogP contribution in [0.2, 0.25) is 0 Å². The lowest BCUT2D eigenvalue weighted by molar-refractivity contribution is -0.124. The van der Waals surface area contributed by atoms with Crippen LogP contribution in [0.25, 0.3) is 22.7 Å². The molecule has 0 aliphatic carbocycles. The first-order valence-corrected chi connectivity index (χ1v) is 12.7. The number of aryl methyl sites for hydroxylation is 2. The van der Waals surface area contributed by atoms with Gasteiger partial charge in [0.05, 0.1) is 28.3 Å². The zero-order valence-corrected chi connectivity index (χ0v) is 22.4. The lowest BCUT2D eigenvalue weighted by Crippen LogP contribution is -2.29. The van der Waals surface area contributed by atoms with Crippen molar-refractivity contribution >= 4 is 34.7 Å². The number of nitrogens with one attached hydrogen (secondary N) is 1. The second-order valence-electron chi connectivity index (χ2n) is 9.14. The zero-order chi connectivity index (χ0) is 27.4. The number of para-hydroxylation sites is 1. The van der Waals surface area contributed by atoms with Crippen LogP contribution in [0.15, 0.2) is 59.4 Å². The molecule has 0 spiro atoms. The van der Waals surface area contributed by atoms with Crippen LogP contribution in [0.4, 0.5) is 11.8 Å². The van der Waals surface area contributed by atoms with Crippen molar-refractivity contribution in [2.45, 2.75) is 40.2 Å². The summed E-state index contributed by atoms with van der Waals surface area (Å²) in [5.74, 6) is 0.986. The first-order valence-electron chi connectivity index (χ1n) is 12.7. The van der Waals surface area contributed by atoms with Gasteiger partial charge in [-0.15, -0.1) is 0 Å². The van der Waals surface area contributed by atoms with Gasteiger partial charge in [0.25, 0.3) is 5.56 Å². The van der Waals surface area contributed by atoms with Gasteiger partial charge in [-0.05, 0) is 57.0 Å². The van der Waals surface area contributed by atoms with E-state index in [1.54, 1.807) is 22.6 Å². The van der Waals surface area contributed by atoms with Crippen molar-refractivity contribution < 1.29 is 4.79 Å². The highest BCUT2D eigenvalue weighted by Gasteiger charge is 2.23. The fourth-order valence-electron chi connectivity index (χ4n) is 4.34. The van der Waals surface area contributed by atoms with Crippen LogP contribution in [0, 0.1) is 13.8 Å². The van der Waals surface area contributed by atoms with Crippen LogP contribution in [-0.4, -0.2) is 43.9 Å². The van der Waals surface area contributed by atoms with E-state index < -0.39 is 6.04 Å². The van der Waals surface area contributed by atoms with E-state index >= 15 is 0 Å². The number of carbonyl (C=O) groups excluding carboxylic acids is 1. The van der Waals surface area contributed by atoms with Gasteiger partial charge in [-0.3, -0.25) is 14.2 Å². The summed E-state index contributed by atoms with van der Waals surface area (Å²) in [7, 11) is 1.74. The van der Waals surface area contributed by atoms with E-state index in [9.17, 15) is 9.59 Å². The van der Waals surface area contributed by atoms with Gasteiger partial charge in [0.15, 0.2) is 0 Å². The number of carbonyl (C=O) groups is 1. The van der Waals surface area contributed by atoms with E-state index in [0.29, 0.717) is 46.8 Å². The average Bonchev–Trinajstić information content (AvgIpc) is 2.90. The number of hydrogen-bond donors (Lipinski definition) is 2. The second-order valence-corrected chi connectivity index (χ2v) is 9.14. The molecule has 2 aromatic heterocycles. The SMILES string of the molecule is CCC(Nc1nc(N)nc(C)c1C=CC(=O)N(C)CC)c1nc2cccc(C)c2c(=O)n1-c1ccccc1. The van der Waals surface area contributed by atoms with Crippen molar-refractivity contribution in [1.29, 1.82) is 0 Å². The highest BCUT2D eigenvalue weighted by Crippen LogP contribution is 2.28. The molecular weight excluding hydrogens is 478 g/mol. The topological polar surface area (TPSA) is 119 Å². The fraction of sp³-hybridized carbons (Fsp3) is 0.276. The molecule has 196 valence electrons. The number of fused-ring (bicyclic) bond motifs is 1. The Labute approximate surface area is 222 Å². The summed E-state index contributed by atoms with van der Waals surface area (Å²) < 4.78 is 1.66. The number of hydrogen-bond acceptors (Lipinski definition) is 7. The van der Waals surface area contributed by atoms with E-state index in [2.05, 4.69) is 15.3 Å². The maximum atomic E-state index is 13.9. The van der Waals surface area contributed by atoms with E-state index in [4.69, 9.17) is 10.7 Å². The lowest BCUT2D eigenvalue weighted by Gasteiger charge is -2.23. The van der Waals surface area contributed by atoms with Crippen LogP contribution in [0.5, 0.6) is 0 Å². The van der Waals surface area contributed by atoms with Crippen molar-refractivity contribution in [2.24, 2.45) is 0 Å². The molecule has 2 aromatic carbocycles. The molecule has 3 N–H and O–H groups in total. The van der Waals surface area contributed by atoms with E-state index in [1.165, 1.54) is 6.08 Å². The Morgan fingerprint density at radius 2 is 1.82 bits per heavy atom. The number of anilines is 2. The second kappa shape index (κ2) is 11.2. The standard InChI is InChI=1S/C29H33N7O2/c1-6-22(32-26-21(19(4)31-29(30)34-26)16-17-24(37)35(5)7-2)27-33-23-15-11-12-18(3)25(23)28(38)36(27)20-13-9-8-10-14-20/h8-17,22H,6-7H2,1-5H3,(H3,30,31,32,34). The molecule has 0 saturated heterocycles. The van der Waals surface area contributed by atoms with Gasteiger partial charge in [0, 0.05) is 25.2 Å². The summed E-state index contributed by atoms with van der Waals surface area (Å²) in [6.07, 6.45) is 3.79. The van der Waals surface area contributed by atoms with Crippen LogP contribution in [-0.2, 0) is 4.79 Å². The van der Waals surface area contributed by atoms with Gasteiger partial charge in [-0.2, -0.15) is 4.98 Å². The van der Waals surface area contributed by atoms with Crippen LogP contribution in [0.3, 0.4) is 0 Å². The predicted octanol–water partition coefficient (Wildman–Crippen LogP) is 4.43. The zero-order valence-electron chi connectivity index (χ0n) is 22.4. The molecule has 4 aromatic rings. The number of likely N-dealkylation sites (N-methyl/N-ethyl adjacent to an activating group) is 1. The molecule has 38 heavy (non-hydrogen) atoms. The molecule has 0 radical (unpaired) electrons. The largest absolute Gasteiger partial charge is 0.368 e. The fourth-order valence-corrected chi connectivity index (χ4v) is 4.34. The maximum Gasteiger partial charge on any atom is 0.266 e. The minimum atomic E-state index is -0.400. The van der Waals surface area contributed by atoms with Gasteiger partial charge in [0.1, 0.15) is 11.6 Å². The third-order valence-corrected chi connectivity index (χ3v) is 6.57. The number of aromatic nitrogens is 4. The third-order valence-electron chi connectivity index (χ3n) is 6.57.